The average Bonchev–Trinajstić information content (AvgIpc) is 2.50. The molecule has 114 valence electrons. The van der Waals surface area contributed by atoms with Crippen LogP contribution in [0.2, 0.25) is 0 Å². The molecule has 0 bridgehead atoms. The van der Waals surface area contributed by atoms with E-state index >= 15 is 0 Å². The summed E-state index contributed by atoms with van der Waals surface area (Å²) in [6.45, 7) is 0.227. The van der Waals surface area contributed by atoms with Crippen molar-refractivity contribution in [2.24, 2.45) is 5.11 Å². The minimum atomic E-state index is -3.62. The Labute approximate surface area is 126 Å². The number of azide groups is 1. The van der Waals surface area contributed by atoms with Gasteiger partial charge in [-0.3, -0.25) is 4.79 Å². The molecule has 2 aromatic carbocycles. The summed E-state index contributed by atoms with van der Waals surface area (Å²) in [7, 11) is -3.62. The van der Waals surface area contributed by atoms with Crippen molar-refractivity contribution in [3.63, 3.8) is 0 Å². The zero-order chi connectivity index (χ0) is 16.2. The largest absolute Gasteiger partial charge is 0.481 e. The first-order valence-corrected chi connectivity index (χ1v) is 8.06. The van der Waals surface area contributed by atoms with E-state index in [1.165, 1.54) is 12.1 Å². The van der Waals surface area contributed by atoms with Crippen molar-refractivity contribution < 1.29 is 18.3 Å². The van der Waals surface area contributed by atoms with Crippen LogP contribution in [0.1, 0.15) is 12.0 Å². The van der Waals surface area contributed by atoms with Gasteiger partial charge >= 0.3 is 5.97 Å². The number of nitrogens with zero attached hydrogens (tertiary/aromatic N) is 3. The lowest BCUT2D eigenvalue weighted by atomic mass is 10.1. The van der Waals surface area contributed by atoms with Crippen LogP contribution in [0, 0.1) is 0 Å². The van der Waals surface area contributed by atoms with Gasteiger partial charge in [0.05, 0.1) is 23.6 Å². The summed E-state index contributed by atoms with van der Waals surface area (Å²) in [5, 5.41) is 13.6. The van der Waals surface area contributed by atoms with Crippen LogP contribution in [0.3, 0.4) is 0 Å². The molecule has 0 atom stereocenters. The fourth-order valence-corrected chi connectivity index (χ4v) is 3.28. The predicted molar refractivity (Wildman–Crippen MR) is 81.1 cm³/mol. The van der Waals surface area contributed by atoms with Crippen LogP contribution in [0.15, 0.2) is 46.4 Å². The van der Waals surface area contributed by atoms with E-state index in [1.807, 2.05) is 6.07 Å². The first-order valence-electron chi connectivity index (χ1n) is 6.40. The molecule has 0 amide bonds. The molecule has 0 fully saturated rings. The molecule has 0 aliphatic heterocycles. The van der Waals surface area contributed by atoms with Crippen molar-refractivity contribution in [1.29, 1.82) is 0 Å². The maximum atomic E-state index is 12.1. The number of carboxylic acid groups (broad SMARTS) is 1. The maximum absolute atomic E-state index is 12.1. The van der Waals surface area contributed by atoms with Crippen LogP contribution in [0.25, 0.3) is 21.2 Å². The summed E-state index contributed by atoms with van der Waals surface area (Å²) < 4.78 is 24.1. The highest BCUT2D eigenvalue weighted by atomic mass is 32.2. The zero-order valence-corrected chi connectivity index (χ0v) is 12.3. The van der Waals surface area contributed by atoms with Crippen molar-refractivity contribution in [3.05, 3.63) is 52.4 Å². The SMILES string of the molecule is [N-]=[N+]=NCc1ccc2cc(S(=O)(=O)CCC(=O)O)ccc2c1. The zero-order valence-electron chi connectivity index (χ0n) is 11.5. The summed E-state index contributed by atoms with van der Waals surface area (Å²) in [4.78, 5) is 13.3. The molecule has 0 radical (unpaired) electrons. The Morgan fingerprint density at radius 2 is 1.86 bits per heavy atom. The number of hydrogen-bond acceptors (Lipinski definition) is 4. The summed E-state index contributed by atoms with van der Waals surface area (Å²) in [5.74, 6) is -1.57. The Morgan fingerprint density at radius 3 is 2.55 bits per heavy atom. The maximum Gasteiger partial charge on any atom is 0.304 e. The number of sulfone groups is 1. The number of benzene rings is 2. The van der Waals surface area contributed by atoms with Crippen molar-refractivity contribution in [2.75, 3.05) is 5.75 Å². The highest BCUT2D eigenvalue weighted by Gasteiger charge is 2.16. The van der Waals surface area contributed by atoms with Gasteiger partial charge in [-0.1, -0.05) is 29.4 Å². The molecule has 0 saturated carbocycles. The third-order valence-corrected chi connectivity index (χ3v) is 4.85. The van der Waals surface area contributed by atoms with E-state index in [-0.39, 0.29) is 11.4 Å². The normalized spacial score (nSPS) is 11.1. The second-order valence-electron chi connectivity index (χ2n) is 4.69. The molecule has 0 spiro atoms. The molecule has 0 unspecified atom stereocenters. The first kappa shape index (κ1) is 15.8. The van der Waals surface area contributed by atoms with E-state index in [2.05, 4.69) is 10.0 Å². The number of carboxylic acids is 1. The van der Waals surface area contributed by atoms with Gasteiger partial charge in [0.25, 0.3) is 0 Å². The highest BCUT2D eigenvalue weighted by molar-refractivity contribution is 7.91. The first-order chi connectivity index (χ1) is 10.4. The second-order valence-corrected chi connectivity index (χ2v) is 6.80. The van der Waals surface area contributed by atoms with Gasteiger partial charge in [0.15, 0.2) is 9.84 Å². The summed E-state index contributed by atoms with van der Waals surface area (Å²) in [5.41, 5.74) is 9.13. The Kier molecular flexibility index (Phi) is 4.65. The Morgan fingerprint density at radius 1 is 1.18 bits per heavy atom. The number of carbonyl (C=O) groups is 1. The van der Waals surface area contributed by atoms with E-state index < -0.39 is 28.0 Å². The molecule has 2 aromatic rings. The molecular weight excluding hydrogens is 306 g/mol. The van der Waals surface area contributed by atoms with Gasteiger partial charge in [0, 0.05) is 4.91 Å². The van der Waals surface area contributed by atoms with E-state index in [9.17, 15) is 13.2 Å². The lowest BCUT2D eigenvalue weighted by molar-refractivity contribution is -0.136. The van der Waals surface area contributed by atoms with Gasteiger partial charge < -0.3 is 5.11 Å². The average molecular weight is 319 g/mol. The van der Waals surface area contributed by atoms with Gasteiger partial charge in [-0.2, -0.15) is 0 Å². The lowest BCUT2D eigenvalue weighted by Gasteiger charge is -2.06. The fraction of sp³-hybridized carbons (Fsp3) is 0.214. The van der Waals surface area contributed by atoms with Crippen molar-refractivity contribution >= 4 is 26.6 Å². The number of hydrogen-bond donors (Lipinski definition) is 1. The summed E-state index contributed by atoms with van der Waals surface area (Å²) in [6.07, 6.45) is -0.425. The minimum Gasteiger partial charge on any atom is -0.481 e. The molecule has 0 saturated heterocycles. The molecule has 0 aromatic heterocycles. The third-order valence-electron chi connectivity index (χ3n) is 3.14. The Balaban J connectivity index is 2.34. The number of fused-ring (bicyclic) bond motifs is 1. The monoisotopic (exact) mass is 319 g/mol. The molecule has 22 heavy (non-hydrogen) atoms. The van der Waals surface area contributed by atoms with Crippen LogP contribution in [-0.4, -0.2) is 25.2 Å². The van der Waals surface area contributed by atoms with E-state index in [4.69, 9.17) is 10.6 Å². The van der Waals surface area contributed by atoms with Crippen molar-refractivity contribution in [3.8, 4) is 0 Å². The van der Waals surface area contributed by atoms with Gasteiger partial charge in [-0.15, -0.1) is 0 Å². The second kappa shape index (κ2) is 6.46. The van der Waals surface area contributed by atoms with Crippen LogP contribution >= 0.6 is 0 Å². The van der Waals surface area contributed by atoms with Crippen LogP contribution in [-0.2, 0) is 21.2 Å². The topological polar surface area (TPSA) is 120 Å². The Bertz CT molecular complexity index is 871. The van der Waals surface area contributed by atoms with E-state index in [0.29, 0.717) is 0 Å². The number of aliphatic carboxylic acids is 1. The molecule has 1 N–H and O–H groups in total. The smallest absolute Gasteiger partial charge is 0.304 e. The summed E-state index contributed by atoms with van der Waals surface area (Å²) >= 11 is 0. The molecule has 2 rings (SSSR count). The minimum absolute atomic E-state index is 0.101. The van der Waals surface area contributed by atoms with Crippen molar-refractivity contribution in [1.82, 2.24) is 0 Å². The predicted octanol–water partition coefficient (Wildman–Crippen LogP) is 2.90. The standard InChI is InChI=1S/C14H13N3O4S/c15-17-16-9-10-1-2-12-8-13(4-3-11(12)7-10)22(20,21)6-5-14(18)19/h1-4,7-8H,5-6,9H2,(H,18,19). The molecular formula is C14H13N3O4S. The van der Waals surface area contributed by atoms with Gasteiger partial charge in [-0.05, 0) is 34.0 Å². The lowest BCUT2D eigenvalue weighted by Crippen LogP contribution is -2.10. The molecule has 0 aliphatic rings. The van der Waals surface area contributed by atoms with Crippen LogP contribution in [0.4, 0.5) is 0 Å². The van der Waals surface area contributed by atoms with Crippen molar-refractivity contribution in [2.45, 2.75) is 17.9 Å². The fourth-order valence-electron chi connectivity index (χ4n) is 2.02. The quantitative estimate of drug-likeness (QED) is 0.500. The van der Waals surface area contributed by atoms with E-state index in [1.54, 1.807) is 18.2 Å². The molecule has 8 heteroatoms. The summed E-state index contributed by atoms with van der Waals surface area (Å²) in [6, 6.07) is 9.94. The molecule has 7 nitrogen and oxygen atoms in total. The Hall–Kier alpha value is -2.57. The van der Waals surface area contributed by atoms with E-state index in [0.717, 1.165) is 16.3 Å². The van der Waals surface area contributed by atoms with Crippen LogP contribution in [0.5, 0.6) is 0 Å². The third kappa shape index (κ3) is 3.75. The highest BCUT2D eigenvalue weighted by Crippen LogP contribution is 2.22. The van der Waals surface area contributed by atoms with Crippen LogP contribution < -0.4 is 0 Å². The molecule has 0 heterocycles. The van der Waals surface area contributed by atoms with Gasteiger partial charge in [-0.25, -0.2) is 8.42 Å². The van der Waals surface area contributed by atoms with Gasteiger partial charge in [0.1, 0.15) is 0 Å². The van der Waals surface area contributed by atoms with Gasteiger partial charge in [0.2, 0.25) is 0 Å². The molecule has 0 aliphatic carbocycles. The number of rotatable bonds is 6.